The number of esters is 1. The van der Waals surface area contributed by atoms with Crippen LogP contribution in [0.25, 0.3) is 0 Å². The molecule has 1 aromatic carbocycles. The fraction of sp³-hybridized carbons (Fsp3) is 0.321. The van der Waals surface area contributed by atoms with Crippen LogP contribution >= 0.6 is 11.3 Å². The van der Waals surface area contributed by atoms with E-state index in [9.17, 15) is 14.4 Å². The van der Waals surface area contributed by atoms with E-state index in [-0.39, 0.29) is 30.6 Å². The van der Waals surface area contributed by atoms with Crippen LogP contribution in [0, 0.1) is 0 Å². The lowest BCUT2D eigenvalue weighted by Crippen LogP contribution is -2.16. The molecule has 0 bridgehead atoms. The van der Waals surface area contributed by atoms with Crippen molar-refractivity contribution >= 4 is 40.1 Å². The van der Waals surface area contributed by atoms with Crippen molar-refractivity contribution in [3.05, 3.63) is 78.0 Å². The number of carbonyl (C=O) groups is 3. The molecule has 2 N–H and O–H groups in total. The molecule has 39 heavy (non-hydrogen) atoms. The molecular weight excluding hydrogens is 516 g/mol. The minimum Gasteiger partial charge on any atom is -0.427 e. The predicted molar refractivity (Wildman–Crippen MR) is 150 cm³/mol. The maximum atomic E-state index is 12.5. The summed E-state index contributed by atoms with van der Waals surface area (Å²) in [5, 5.41) is 23.3. The van der Waals surface area contributed by atoms with E-state index in [0.717, 1.165) is 36.4 Å². The maximum absolute atomic E-state index is 12.5. The normalized spacial score (nSPS) is 10.5. The highest BCUT2D eigenvalue weighted by atomic mass is 32.1. The number of nitrogens with zero attached hydrogens (tertiary/aromatic N) is 4. The van der Waals surface area contributed by atoms with Crippen LogP contribution in [0.3, 0.4) is 0 Å². The molecule has 3 aromatic rings. The molecule has 2 aromatic heterocycles. The Labute approximate surface area is 231 Å². The molecule has 0 unspecified atom stereocenters. The zero-order valence-electron chi connectivity index (χ0n) is 21.7. The lowest BCUT2D eigenvalue weighted by Gasteiger charge is -2.07. The van der Waals surface area contributed by atoms with Gasteiger partial charge in [-0.3, -0.25) is 14.4 Å². The number of unbranched alkanes of at least 4 members (excludes halogenated alkanes) is 1. The van der Waals surface area contributed by atoms with Gasteiger partial charge in [-0.2, -0.15) is 5.10 Å². The molecule has 10 nitrogen and oxygen atoms in total. The number of rotatable bonds is 16. The third-order valence-corrected chi connectivity index (χ3v) is 6.30. The van der Waals surface area contributed by atoms with Crippen molar-refractivity contribution < 1.29 is 19.1 Å². The zero-order chi connectivity index (χ0) is 27.9. The van der Waals surface area contributed by atoms with Gasteiger partial charge in [0.2, 0.25) is 16.9 Å². The van der Waals surface area contributed by atoms with E-state index in [4.69, 9.17) is 4.74 Å². The van der Waals surface area contributed by atoms with Crippen LogP contribution in [0.2, 0.25) is 0 Å². The van der Waals surface area contributed by atoms with Gasteiger partial charge in [-0.05, 0) is 61.9 Å². The van der Waals surface area contributed by atoms with Gasteiger partial charge in [0.25, 0.3) is 0 Å². The van der Waals surface area contributed by atoms with Crippen molar-refractivity contribution in [1.82, 2.24) is 20.4 Å². The van der Waals surface area contributed by atoms with Crippen LogP contribution in [-0.2, 0) is 33.6 Å². The second kappa shape index (κ2) is 15.9. The predicted octanol–water partition coefficient (Wildman–Crippen LogP) is 4.85. The van der Waals surface area contributed by atoms with Gasteiger partial charge in [-0.25, -0.2) is 0 Å². The quantitative estimate of drug-likeness (QED) is 0.112. The Kier molecular flexibility index (Phi) is 11.9. The Morgan fingerprint density at radius 2 is 1.67 bits per heavy atom. The summed E-state index contributed by atoms with van der Waals surface area (Å²) < 4.78 is 5.30. The van der Waals surface area contributed by atoms with Gasteiger partial charge in [-0.1, -0.05) is 35.6 Å². The van der Waals surface area contributed by atoms with E-state index >= 15 is 0 Å². The number of amides is 2. The topological polar surface area (TPSA) is 136 Å². The van der Waals surface area contributed by atoms with Gasteiger partial charge >= 0.3 is 5.97 Å². The first-order valence-electron chi connectivity index (χ1n) is 12.7. The molecule has 0 aliphatic heterocycles. The first-order valence-corrected chi connectivity index (χ1v) is 13.5. The molecule has 0 atom stereocenters. The molecule has 0 saturated carbocycles. The summed E-state index contributed by atoms with van der Waals surface area (Å²) in [5.74, 6) is 0.0772. The fourth-order valence-electron chi connectivity index (χ4n) is 3.46. The summed E-state index contributed by atoms with van der Waals surface area (Å²) >= 11 is 1.38. The Bertz CT molecular complexity index is 1280. The van der Waals surface area contributed by atoms with Crippen LogP contribution < -0.4 is 15.4 Å². The number of anilines is 2. The van der Waals surface area contributed by atoms with Gasteiger partial charge in [0.1, 0.15) is 10.8 Å². The molecule has 0 aliphatic carbocycles. The number of aryl methyl sites for hydroxylation is 2. The zero-order valence-corrected chi connectivity index (χ0v) is 22.5. The number of nitrogens with one attached hydrogen (secondary N) is 2. The minimum absolute atomic E-state index is 0.0946. The van der Waals surface area contributed by atoms with Crippen molar-refractivity contribution in [2.75, 3.05) is 10.6 Å². The first kappa shape index (κ1) is 29.3. The highest BCUT2D eigenvalue weighted by molar-refractivity contribution is 7.15. The maximum Gasteiger partial charge on any atom is 0.311 e. The van der Waals surface area contributed by atoms with Crippen molar-refractivity contribution in [3.63, 3.8) is 0 Å². The molecule has 2 amide bonds. The Morgan fingerprint density at radius 3 is 2.44 bits per heavy atom. The lowest BCUT2D eigenvalue weighted by molar-refractivity contribution is -0.134. The number of benzene rings is 1. The number of ether oxygens (including phenoxy) is 1. The van der Waals surface area contributed by atoms with Crippen molar-refractivity contribution in [3.8, 4) is 5.75 Å². The van der Waals surface area contributed by atoms with Crippen LogP contribution in [0.5, 0.6) is 5.75 Å². The molecule has 0 spiro atoms. The van der Waals surface area contributed by atoms with Gasteiger partial charge < -0.3 is 15.4 Å². The van der Waals surface area contributed by atoms with Crippen LogP contribution in [0.4, 0.5) is 10.9 Å². The summed E-state index contributed by atoms with van der Waals surface area (Å²) in [6.07, 6.45) is 8.55. The standard InChI is InChI=1S/C28H32N6O4S/c1-3-5-13-24(35)30-28-34-33-26(39-28)14-8-7-11-21-16-17-23(32-31-21)29-25(36)19-20-10-9-12-22(18-20)38-27(37)15-6-4-2/h3-4,9-10,12,16-18H,1-2,5-8,11,13-15,19H2,(H,29,32,36)(H,30,34,35). The molecule has 0 aliphatic rings. The summed E-state index contributed by atoms with van der Waals surface area (Å²) in [6.45, 7) is 7.20. The summed E-state index contributed by atoms with van der Waals surface area (Å²) in [5.41, 5.74) is 1.54. The Balaban J connectivity index is 1.37. The third-order valence-electron chi connectivity index (χ3n) is 5.40. The molecule has 0 saturated heterocycles. The first-order chi connectivity index (χ1) is 18.9. The van der Waals surface area contributed by atoms with E-state index in [0.29, 0.717) is 41.5 Å². The highest BCUT2D eigenvalue weighted by Crippen LogP contribution is 2.18. The second-order valence-electron chi connectivity index (χ2n) is 8.67. The SMILES string of the molecule is C=CCCC(=O)Nc1nnc(CCCCc2ccc(NC(=O)Cc3cccc(OC(=O)CCC=C)c3)nn2)s1. The number of aromatic nitrogens is 4. The lowest BCUT2D eigenvalue weighted by atomic mass is 10.1. The smallest absolute Gasteiger partial charge is 0.311 e. The highest BCUT2D eigenvalue weighted by Gasteiger charge is 2.10. The van der Waals surface area contributed by atoms with Gasteiger partial charge in [0.15, 0.2) is 5.82 Å². The summed E-state index contributed by atoms with van der Waals surface area (Å²) in [4.78, 5) is 36.0. The summed E-state index contributed by atoms with van der Waals surface area (Å²) in [7, 11) is 0. The molecule has 2 heterocycles. The van der Waals surface area contributed by atoms with Gasteiger partial charge in [-0.15, -0.1) is 28.5 Å². The largest absolute Gasteiger partial charge is 0.427 e. The van der Waals surface area contributed by atoms with Crippen molar-refractivity contribution in [1.29, 1.82) is 0 Å². The van der Waals surface area contributed by atoms with Gasteiger partial charge in [0, 0.05) is 19.3 Å². The van der Waals surface area contributed by atoms with E-state index in [2.05, 4.69) is 44.2 Å². The monoisotopic (exact) mass is 548 g/mol. The number of allylic oxidation sites excluding steroid dienone is 2. The van der Waals surface area contributed by atoms with Gasteiger partial charge in [0.05, 0.1) is 12.1 Å². The van der Waals surface area contributed by atoms with E-state index in [1.807, 2.05) is 6.07 Å². The van der Waals surface area contributed by atoms with E-state index in [1.54, 1.807) is 42.5 Å². The second-order valence-corrected chi connectivity index (χ2v) is 9.73. The van der Waals surface area contributed by atoms with Crippen molar-refractivity contribution in [2.24, 2.45) is 0 Å². The molecule has 11 heteroatoms. The third kappa shape index (κ3) is 10.9. The fourth-order valence-corrected chi connectivity index (χ4v) is 4.25. The van der Waals surface area contributed by atoms with E-state index in [1.165, 1.54) is 11.3 Å². The molecule has 204 valence electrons. The van der Waals surface area contributed by atoms with E-state index < -0.39 is 0 Å². The molecule has 3 rings (SSSR count). The number of hydrogen-bond acceptors (Lipinski definition) is 9. The van der Waals surface area contributed by atoms with Crippen LogP contribution in [0.1, 0.15) is 54.8 Å². The molecule has 0 radical (unpaired) electrons. The Hall–Kier alpha value is -4.25. The van der Waals surface area contributed by atoms with Crippen LogP contribution in [0.15, 0.2) is 61.7 Å². The average Bonchev–Trinajstić information content (AvgIpc) is 3.36. The number of hydrogen-bond donors (Lipinski definition) is 2. The average molecular weight is 549 g/mol. The van der Waals surface area contributed by atoms with Crippen molar-refractivity contribution in [2.45, 2.75) is 57.8 Å². The molecule has 0 fully saturated rings. The molecular formula is C28H32N6O4S. The minimum atomic E-state index is -0.346. The Morgan fingerprint density at radius 1 is 0.872 bits per heavy atom. The summed E-state index contributed by atoms with van der Waals surface area (Å²) in [6, 6.07) is 10.4. The van der Waals surface area contributed by atoms with Crippen LogP contribution in [-0.4, -0.2) is 38.2 Å². The number of carbonyl (C=O) groups excluding carboxylic acids is 3.